The fraction of sp³-hybridized carbons (Fsp3) is 0.750. The number of allylic oxidation sites excluding steroid dienone is 2. The van der Waals surface area contributed by atoms with Gasteiger partial charge in [-0.05, 0) is 31.3 Å². The third-order valence-corrected chi connectivity index (χ3v) is 2.24. The summed E-state index contributed by atoms with van der Waals surface area (Å²) in [7, 11) is 0. The third-order valence-electron chi connectivity index (χ3n) is 2.24. The molecule has 0 aromatic carbocycles. The lowest BCUT2D eigenvalue weighted by Crippen LogP contribution is -2.02. The molecule has 43 valence electrons. The summed E-state index contributed by atoms with van der Waals surface area (Å²) < 4.78 is 0. The van der Waals surface area contributed by atoms with Crippen molar-refractivity contribution in [3.05, 3.63) is 11.6 Å². The highest BCUT2D eigenvalue weighted by molar-refractivity contribution is 5.24. The van der Waals surface area contributed by atoms with Gasteiger partial charge in [-0.25, -0.2) is 0 Å². The second kappa shape index (κ2) is 1.37. The van der Waals surface area contributed by atoms with E-state index in [1.54, 1.807) is 5.57 Å². The molecule has 2 unspecified atom stereocenters. The Morgan fingerprint density at radius 2 is 2.50 bits per heavy atom. The van der Waals surface area contributed by atoms with Crippen molar-refractivity contribution in [1.82, 2.24) is 0 Å². The van der Waals surface area contributed by atoms with Crippen molar-refractivity contribution in [3.8, 4) is 0 Å². The van der Waals surface area contributed by atoms with Crippen LogP contribution < -0.4 is 0 Å². The van der Waals surface area contributed by atoms with Gasteiger partial charge >= 0.3 is 0 Å². The Bertz CT molecular complexity index is 133. The molecule has 2 aliphatic carbocycles. The fourth-order valence-corrected chi connectivity index (χ4v) is 1.55. The fourth-order valence-electron chi connectivity index (χ4n) is 1.55. The minimum Gasteiger partial charge on any atom is -0.0625 e. The molecule has 0 nitrogen and oxygen atoms in total. The Kier molecular flexibility index (Phi) is 0.787. The molecule has 0 aromatic heterocycles. The molecule has 0 heterocycles. The van der Waals surface area contributed by atoms with Crippen LogP contribution in [0.25, 0.3) is 0 Å². The van der Waals surface area contributed by atoms with Gasteiger partial charge in [0, 0.05) is 5.92 Å². The smallest absolute Gasteiger partial charge is 0.00595 e. The zero-order valence-electron chi connectivity index (χ0n) is 5.28. The Morgan fingerprint density at radius 1 is 1.62 bits per heavy atom. The molecule has 0 aromatic rings. The predicted octanol–water partition coefficient (Wildman–Crippen LogP) is 2.17. The van der Waals surface area contributed by atoms with Crippen molar-refractivity contribution < 1.29 is 0 Å². The highest BCUT2D eigenvalue weighted by Gasteiger charge is 2.30. The van der Waals surface area contributed by atoms with Crippen LogP contribution >= 0.6 is 0 Å². The number of hydrogen-bond acceptors (Lipinski definition) is 0. The summed E-state index contributed by atoms with van der Waals surface area (Å²) in [6, 6.07) is 0. The van der Waals surface area contributed by atoms with Crippen LogP contribution in [0.4, 0.5) is 0 Å². The second-order valence-corrected chi connectivity index (χ2v) is 3.10. The lowest BCUT2D eigenvalue weighted by atomic mass is 9.90. The van der Waals surface area contributed by atoms with Gasteiger partial charge in [0.15, 0.2) is 0 Å². The standard InChI is InChI=1S/C8H11/c1-6-2-3-7-5-8(7)4-6/h6,8H,2-4H2,1H3. The monoisotopic (exact) mass is 107 g/mol. The molecule has 0 amide bonds. The van der Waals surface area contributed by atoms with Crippen LogP contribution in [0.2, 0.25) is 0 Å². The first-order valence-corrected chi connectivity index (χ1v) is 3.48. The van der Waals surface area contributed by atoms with Crippen molar-refractivity contribution in [2.45, 2.75) is 26.2 Å². The summed E-state index contributed by atoms with van der Waals surface area (Å²) in [5, 5.41) is 0. The molecule has 1 fully saturated rings. The molecular formula is C8H11. The summed E-state index contributed by atoms with van der Waals surface area (Å²) in [4.78, 5) is 0. The topological polar surface area (TPSA) is 0 Å². The van der Waals surface area contributed by atoms with Gasteiger partial charge in [0.05, 0.1) is 0 Å². The minimum absolute atomic E-state index is 0.846. The molecule has 0 spiro atoms. The van der Waals surface area contributed by atoms with E-state index >= 15 is 0 Å². The maximum absolute atomic E-state index is 3.38. The molecule has 2 atom stereocenters. The SMILES string of the molecule is CC1CCC2=[C]C2C1. The minimum atomic E-state index is 0.846. The first-order valence-electron chi connectivity index (χ1n) is 3.48. The number of fused-ring (bicyclic) bond motifs is 1. The second-order valence-electron chi connectivity index (χ2n) is 3.10. The molecule has 0 saturated heterocycles. The quantitative estimate of drug-likeness (QED) is 0.445. The maximum Gasteiger partial charge on any atom is 0.00595 e. The molecule has 1 saturated carbocycles. The van der Waals surface area contributed by atoms with Crippen LogP contribution in [0.15, 0.2) is 5.57 Å². The van der Waals surface area contributed by atoms with E-state index in [2.05, 4.69) is 13.0 Å². The van der Waals surface area contributed by atoms with Crippen LogP contribution in [0.1, 0.15) is 26.2 Å². The van der Waals surface area contributed by atoms with Crippen molar-refractivity contribution in [1.29, 1.82) is 0 Å². The lowest BCUT2D eigenvalue weighted by Gasteiger charge is -2.15. The van der Waals surface area contributed by atoms with Crippen LogP contribution in [0.3, 0.4) is 0 Å². The molecule has 8 heavy (non-hydrogen) atoms. The molecule has 0 bridgehead atoms. The van der Waals surface area contributed by atoms with E-state index in [4.69, 9.17) is 0 Å². The van der Waals surface area contributed by atoms with E-state index in [1.807, 2.05) is 0 Å². The van der Waals surface area contributed by atoms with Crippen LogP contribution in [0, 0.1) is 17.9 Å². The average Bonchev–Trinajstić information content (AvgIpc) is 2.43. The highest BCUT2D eigenvalue weighted by atomic mass is 14.3. The van der Waals surface area contributed by atoms with Gasteiger partial charge in [0.25, 0.3) is 0 Å². The van der Waals surface area contributed by atoms with E-state index in [0.717, 1.165) is 11.8 Å². The summed E-state index contributed by atoms with van der Waals surface area (Å²) in [6.45, 7) is 2.34. The Morgan fingerprint density at radius 3 is 3.12 bits per heavy atom. The molecule has 0 heteroatoms. The third kappa shape index (κ3) is 0.594. The van der Waals surface area contributed by atoms with Gasteiger partial charge in [-0.1, -0.05) is 12.5 Å². The maximum atomic E-state index is 3.38. The molecule has 1 radical (unpaired) electrons. The molecule has 0 N–H and O–H groups in total. The van der Waals surface area contributed by atoms with E-state index in [1.165, 1.54) is 19.3 Å². The molecule has 2 rings (SSSR count). The summed E-state index contributed by atoms with van der Waals surface area (Å²) in [5.74, 6) is 1.82. The van der Waals surface area contributed by atoms with Crippen LogP contribution in [-0.4, -0.2) is 0 Å². The zero-order chi connectivity index (χ0) is 5.56. The summed E-state index contributed by atoms with van der Waals surface area (Å²) in [5.41, 5.74) is 1.63. The van der Waals surface area contributed by atoms with Gasteiger partial charge in [0.2, 0.25) is 0 Å². The van der Waals surface area contributed by atoms with E-state index in [9.17, 15) is 0 Å². The van der Waals surface area contributed by atoms with Gasteiger partial charge < -0.3 is 0 Å². The normalized spacial score (nSPS) is 42.9. The molecule has 0 aliphatic heterocycles. The van der Waals surface area contributed by atoms with Crippen molar-refractivity contribution in [2.24, 2.45) is 11.8 Å². The molecule has 2 aliphatic rings. The Labute approximate surface area is 50.6 Å². The lowest BCUT2D eigenvalue weighted by molar-refractivity contribution is 0.431. The summed E-state index contributed by atoms with van der Waals surface area (Å²) >= 11 is 0. The highest BCUT2D eigenvalue weighted by Crippen LogP contribution is 2.43. The largest absolute Gasteiger partial charge is 0.0625 e. The van der Waals surface area contributed by atoms with Gasteiger partial charge in [-0.2, -0.15) is 0 Å². The van der Waals surface area contributed by atoms with E-state index in [0.29, 0.717) is 0 Å². The number of rotatable bonds is 0. The van der Waals surface area contributed by atoms with Gasteiger partial charge in [-0.3, -0.25) is 0 Å². The van der Waals surface area contributed by atoms with Gasteiger partial charge in [-0.15, -0.1) is 0 Å². The Hall–Kier alpha value is -0.260. The van der Waals surface area contributed by atoms with Crippen molar-refractivity contribution in [3.63, 3.8) is 0 Å². The van der Waals surface area contributed by atoms with Crippen LogP contribution in [0.5, 0.6) is 0 Å². The average molecular weight is 107 g/mol. The van der Waals surface area contributed by atoms with Crippen molar-refractivity contribution >= 4 is 0 Å². The first kappa shape index (κ1) is 4.60. The summed E-state index contributed by atoms with van der Waals surface area (Å²) in [6.07, 6.45) is 7.54. The first-order chi connectivity index (χ1) is 3.86. The number of hydrogen-bond donors (Lipinski definition) is 0. The zero-order valence-corrected chi connectivity index (χ0v) is 5.28. The Balaban J connectivity index is 1.98. The van der Waals surface area contributed by atoms with Crippen LogP contribution in [-0.2, 0) is 0 Å². The molecular weight excluding hydrogens is 96.1 g/mol. The van der Waals surface area contributed by atoms with E-state index in [-0.39, 0.29) is 0 Å². The predicted molar refractivity (Wildman–Crippen MR) is 33.3 cm³/mol. The van der Waals surface area contributed by atoms with E-state index < -0.39 is 0 Å². The van der Waals surface area contributed by atoms with Crippen molar-refractivity contribution in [2.75, 3.05) is 0 Å². The van der Waals surface area contributed by atoms with Gasteiger partial charge in [0.1, 0.15) is 0 Å².